The summed E-state index contributed by atoms with van der Waals surface area (Å²) in [5.41, 5.74) is 7.82. The van der Waals surface area contributed by atoms with E-state index in [9.17, 15) is 0 Å². The van der Waals surface area contributed by atoms with Crippen LogP contribution in [0.2, 0.25) is 0 Å². The number of nitrogens with two attached hydrogens (primary N) is 1. The van der Waals surface area contributed by atoms with Gasteiger partial charge in [0.05, 0.1) is 11.2 Å². The first-order chi connectivity index (χ1) is 6.00. The quantitative estimate of drug-likeness (QED) is 0.614. The van der Waals surface area contributed by atoms with Gasteiger partial charge in [0.25, 0.3) is 0 Å². The van der Waals surface area contributed by atoms with Crippen molar-refractivity contribution in [3.8, 4) is 0 Å². The van der Waals surface area contributed by atoms with E-state index in [1.165, 1.54) is 0 Å². The normalized spacial score (nSPS) is 18.7. The number of nitrogens with one attached hydrogen (secondary N) is 1. The maximum atomic E-state index is 5.80. The van der Waals surface area contributed by atoms with Crippen molar-refractivity contribution in [3.05, 3.63) is 17.1 Å². The van der Waals surface area contributed by atoms with Gasteiger partial charge in [0.2, 0.25) is 0 Å². The number of nitrogen functional groups attached to an aromatic ring is 1. The molecule has 1 aromatic rings. The van der Waals surface area contributed by atoms with Crippen molar-refractivity contribution >= 4 is 5.82 Å². The van der Waals surface area contributed by atoms with Crippen LogP contribution in [-0.4, -0.2) is 9.97 Å². The Kier molecular flexibility index (Phi) is 1.57. The molecule has 13 heavy (non-hydrogen) atoms. The lowest BCUT2D eigenvalue weighted by molar-refractivity contribution is 0.432. The van der Waals surface area contributed by atoms with E-state index >= 15 is 0 Å². The Balaban J connectivity index is 2.65. The Morgan fingerprint density at radius 3 is 2.77 bits per heavy atom. The maximum absolute atomic E-state index is 5.80. The predicted molar refractivity (Wildman–Crippen MR) is 51.0 cm³/mol. The Bertz CT molecular complexity index is 357. The first-order valence-corrected chi connectivity index (χ1v) is 4.39. The van der Waals surface area contributed by atoms with Gasteiger partial charge < -0.3 is 11.1 Å². The molecule has 0 spiro atoms. The summed E-state index contributed by atoms with van der Waals surface area (Å²) in [4.78, 5) is 8.55. The van der Waals surface area contributed by atoms with Gasteiger partial charge in [-0.15, -0.1) is 0 Å². The van der Waals surface area contributed by atoms with Crippen molar-refractivity contribution in [2.75, 3.05) is 5.73 Å². The largest absolute Gasteiger partial charge is 0.383 e. The number of nitrogens with zero attached hydrogens (tertiary/aromatic N) is 2. The number of aryl methyl sites for hydroxylation is 1. The minimum absolute atomic E-state index is 0.0723. The molecular formula is C9H14N4. The average Bonchev–Trinajstić information content (AvgIpc) is 2.28. The van der Waals surface area contributed by atoms with E-state index in [0.29, 0.717) is 5.82 Å². The van der Waals surface area contributed by atoms with Crippen molar-refractivity contribution in [1.29, 1.82) is 0 Å². The molecule has 2 rings (SSSR count). The number of rotatable bonds is 0. The van der Waals surface area contributed by atoms with Gasteiger partial charge in [-0.3, -0.25) is 0 Å². The van der Waals surface area contributed by atoms with Crippen LogP contribution in [-0.2, 0) is 12.1 Å². The lowest BCUT2D eigenvalue weighted by Crippen LogP contribution is -2.29. The number of anilines is 1. The highest BCUT2D eigenvalue weighted by Gasteiger charge is 2.32. The van der Waals surface area contributed by atoms with Crippen LogP contribution in [0.25, 0.3) is 0 Å². The number of fused-ring (bicyclic) bond motifs is 1. The molecule has 0 fully saturated rings. The van der Waals surface area contributed by atoms with Crippen molar-refractivity contribution < 1.29 is 0 Å². The van der Waals surface area contributed by atoms with Crippen molar-refractivity contribution in [2.45, 2.75) is 32.9 Å². The molecular weight excluding hydrogens is 164 g/mol. The molecule has 1 aliphatic rings. The summed E-state index contributed by atoms with van der Waals surface area (Å²) >= 11 is 0. The van der Waals surface area contributed by atoms with Gasteiger partial charge in [-0.1, -0.05) is 0 Å². The van der Waals surface area contributed by atoms with E-state index in [4.69, 9.17) is 5.73 Å². The van der Waals surface area contributed by atoms with Crippen LogP contribution in [0.4, 0.5) is 5.82 Å². The second-order valence-corrected chi connectivity index (χ2v) is 3.96. The summed E-state index contributed by atoms with van der Waals surface area (Å²) in [7, 11) is 0. The zero-order valence-corrected chi connectivity index (χ0v) is 8.18. The second-order valence-electron chi connectivity index (χ2n) is 3.96. The Morgan fingerprint density at radius 1 is 1.38 bits per heavy atom. The fraction of sp³-hybridized carbons (Fsp3) is 0.556. The molecule has 70 valence electrons. The third-order valence-corrected chi connectivity index (χ3v) is 2.45. The summed E-state index contributed by atoms with van der Waals surface area (Å²) < 4.78 is 0. The molecule has 0 amide bonds. The molecule has 0 aromatic carbocycles. The molecule has 4 heteroatoms. The minimum Gasteiger partial charge on any atom is -0.383 e. The molecule has 3 N–H and O–H groups in total. The molecule has 1 aliphatic heterocycles. The lowest BCUT2D eigenvalue weighted by atomic mass is 10.0. The molecule has 0 bridgehead atoms. The summed E-state index contributed by atoms with van der Waals surface area (Å²) in [6, 6.07) is 0. The van der Waals surface area contributed by atoms with Gasteiger partial charge in [0.1, 0.15) is 11.6 Å². The van der Waals surface area contributed by atoms with Gasteiger partial charge in [-0.05, 0) is 20.8 Å². The average molecular weight is 178 g/mol. The van der Waals surface area contributed by atoms with E-state index in [0.717, 1.165) is 23.6 Å². The summed E-state index contributed by atoms with van der Waals surface area (Å²) in [6.07, 6.45) is 0. The Labute approximate surface area is 77.6 Å². The third kappa shape index (κ3) is 1.18. The molecule has 2 heterocycles. The Morgan fingerprint density at radius 2 is 2.08 bits per heavy atom. The highest BCUT2D eigenvalue weighted by Crippen LogP contribution is 2.30. The van der Waals surface area contributed by atoms with Crippen LogP contribution in [0.1, 0.15) is 30.9 Å². The summed E-state index contributed by atoms with van der Waals surface area (Å²) in [5.74, 6) is 1.36. The van der Waals surface area contributed by atoms with Crippen LogP contribution < -0.4 is 11.1 Å². The van der Waals surface area contributed by atoms with Crippen LogP contribution in [0, 0.1) is 6.92 Å². The third-order valence-electron chi connectivity index (χ3n) is 2.45. The molecule has 0 radical (unpaired) electrons. The van der Waals surface area contributed by atoms with Crippen molar-refractivity contribution in [1.82, 2.24) is 15.3 Å². The summed E-state index contributed by atoms with van der Waals surface area (Å²) in [5, 5.41) is 3.35. The fourth-order valence-corrected chi connectivity index (χ4v) is 1.70. The van der Waals surface area contributed by atoms with Gasteiger partial charge >= 0.3 is 0 Å². The fourth-order valence-electron chi connectivity index (χ4n) is 1.70. The number of aromatic nitrogens is 2. The highest BCUT2D eigenvalue weighted by molar-refractivity contribution is 5.47. The molecule has 0 saturated heterocycles. The highest BCUT2D eigenvalue weighted by atomic mass is 15.1. The zero-order valence-electron chi connectivity index (χ0n) is 8.18. The SMILES string of the molecule is Cc1nc(N)c2c(n1)C(C)(C)NC2. The molecule has 0 unspecified atom stereocenters. The van der Waals surface area contributed by atoms with Gasteiger partial charge in [0, 0.05) is 12.1 Å². The van der Waals surface area contributed by atoms with Gasteiger partial charge in [0.15, 0.2) is 0 Å². The van der Waals surface area contributed by atoms with Crippen LogP contribution in [0.15, 0.2) is 0 Å². The van der Waals surface area contributed by atoms with Crippen LogP contribution in [0.3, 0.4) is 0 Å². The van der Waals surface area contributed by atoms with Crippen molar-refractivity contribution in [2.24, 2.45) is 0 Å². The topological polar surface area (TPSA) is 63.8 Å². The Hall–Kier alpha value is -1.16. The lowest BCUT2D eigenvalue weighted by Gasteiger charge is -2.18. The van der Waals surface area contributed by atoms with E-state index in [1.807, 2.05) is 6.92 Å². The van der Waals surface area contributed by atoms with Crippen molar-refractivity contribution in [3.63, 3.8) is 0 Å². The van der Waals surface area contributed by atoms with Crippen LogP contribution in [0.5, 0.6) is 0 Å². The second kappa shape index (κ2) is 2.42. The number of hydrogen-bond donors (Lipinski definition) is 2. The van der Waals surface area contributed by atoms with E-state index in [2.05, 4.69) is 29.1 Å². The van der Waals surface area contributed by atoms with E-state index in [1.54, 1.807) is 0 Å². The van der Waals surface area contributed by atoms with Crippen LogP contribution >= 0.6 is 0 Å². The molecule has 0 atom stereocenters. The minimum atomic E-state index is -0.0723. The van der Waals surface area contributed by atoms with E-state index in [-0.39, 0.29) is 5.54 Å². The predicted octanol–water partition coefficient (Wildman–Crippen LogP) is 0.706. The first kappa shape index (κ1) is 8.44. The summed E-state index contributed by atoms with van der Waals surface area (Å²) in [6.45, 7) is 6.84. The molecule has 1 aromatic heterocycles. The van der Waals surface area contributed by atoms with Gasteiger partial charge in [-0.2, -0.15) is 0 Å². The van der Waals surface area contributed by atoms with Gasteiger partial charge in [-0.25, -0.2) is 9.97 Å². The number of hydrogen-bond acceptors (Lipinski definition) is 4. The molecule has 0 saturated carbocycles. The van der Waals surface area contributed by atoms with E-state index < -0.39 is 0 Å². The monoisotopic (exact) mass is 178 g/mol. The maximum Gasteiger partial charge on any atom is 0.131 e. The molecule has 4 nitrogen and oxygen atoms in total. The molecule has 0 aliphatic carbocycles. The zero-order chi connectivity index (χ0) is 9.64. The first-order valence-electron chi connectivity index (χ1n) is 4.39. The smallest absolute Gasteiger partial charge is 0.131 e. The standard InChI is InChI=1S/C9H14N4/c1-5-12-7-6(8(10)13-5)4-11-9(7,2)3/h11H,4H2,1-3H3,(H2,10,12,13).